The van der Waals surface area contributed by atoms with Crippen LogP contribution >= 0.6 is 35.1 Å². The van der Waals surface area contributed by atoms with Gasteiger partial charge in [-0.25, -0.2) is 9.97 Å². The molecule has 0 aliphatic carbocycles. The van der Waals surface area contributed by atoms with E-state index in [4.69, 9.17) is 16.3 Å². The van der Waals surface area contributed by atoms with Crippen LogP contribution in [0.2, 0.25) is 5.02 Å². The molecule has 0 radical (unpaired) electrons. The van der Waals surface area contributed by atoms with Crippen molar-refractivity contribution < 1.29 is 9.53 Å². The van der Waals surface area contributed by atoms with E-state index in [0.717, 1.165) is 22.9 Å². The van der Waals surface area contributed by atoms with Crippen LogP contribution < -0.4 is 0 Å². The van der Waals surface area contributed by atoms with Crippen LogP contribution in [0.15, 0.2) is 40.6 Å². The number of nitrogens with zero attached hydrogens (tertiary/aromatic N) is 5. The monoisotopic (exact) mass is 449 g/mol. The molecule has 1 unspecified atom stereocenters. The number of methoxy groups -OCH3 is 1. The minimum Gasteiger partial charge on any atom is -0.468 e. The van der Waals surface area contributed by atoms with Crippen molar-refractivity contribution >= 4 is 41.1 Å². The maximum atomic E-state index is 11.9. The lowest BCUT2D eigenvalue weighted by atomic mass is 10.3. The number of carbonyl (C=O) groups excluding carboxylic acids is 1. The van der Waals surface area contributed by atoms with Crippen LogP contribution in [-0.4, -0.2) is 43.1 Å². The van der Waals surface area contributed by atoms with E-state index in [1.807, 2.05) is 36.6 Å². The van der Waals surface area contributed by atoms with Gasteiger partial charge in [-0.2, -0.15) is 0 Å². The Hall–Kier alpha value is -2.10. The Balaban J connectivity index is 1.91. The summed E-state index contributed by atoms with van der Waals surface area (Å²) in [7, 11) is 1.37. The lowest BCUT2D eigenvalue weighted by Gasteiger charge is -2.12. The van der Waals surface area contributed by atoms with Gasteiger partial charge in [-0.05, 0) is 51.1 Å². The van der Waals surface area contributed by atoms with Crippen molar-refractivity contribution in [3.63, 3.8) is 0 Å². The van der Waals surface area contributed by atoms with Crippen molar-refractivity contribution in [2.45, 2.75) is 42.1 Å². The standard InChI is InChI=1S/C19H20ClN5O2S2/c1-11-9-12(2)22-18(21-11)28-10-16-23-24-19(29-13(3)17(26)27-4)25(16)15-7-5-14(20)6-8-15/h5-9,13H,10H2,1-4H3. The number of benzene rings is 1. The Morgan fingerprint density at radius 1 is 1.17 bits per heavy atom. The van der Waals surface area contributed by atoms with E-state index < -0.39 is 5.25 Å². The van der Waals surface area contributed by atoms with E-state index in [9.17, 15) is 4.79 Å². The average molecular weight is 450 g/mol. The van der Waals surface area contributed by atoms with Crippen molar-refractivity contribution in [3.8, 4) is 5.69 Å². The van der Waals surface area contributed by atoms with Gasteiger partial charge in [0.05, 0.1) is 12.9 Å². The fourth-order valence-electron chi connectivity index (χ4n) is 2.58. The third kappa shape index (κ3) is 5.49. The van der Waals surface area contributed by atoms with Gasteiger partial charge in [-0.15, -0.1) is 10.2 Å². The topological polar surface area (TPSA) is 82.8 Å². The molecular weight excluding hydrogens is 430 g/mol. The molecule has 0 spiro atoms. The van der Waals surface area contributed by atoms with Crippen LogP contribution in [0.1, 0.15) is 24.1 Å². The van der Waals surface area contributed by atoms with Gasteiger partial charge in [-0.3, -0.25) is 9.36 Å². The van der Waals surface area contributed by atoms with Gasteiger partial charge in [0.15, 0.2) is 10.3 Å². The normalized spacial score (nSPS) is 12.0. The zero-order chi connectivity index (χ0) is 21.0. The highest BCUT2D eigenvalue weighted by atomic mass is 35.5. The van der Waals surface area contributed by atoms with E-state index in [2.05, 4.69) is 20.2 Å². The van der Waals surface area contributed by atoms with E-state index in [0.29, 0.717) is 21.1 Å². The molecule has 10 heteroatoms. The summed E-state index contributed by atoms with van der Waals surface area (Å²) in [5.41, 5.74) is 2.69. The minimum absolute atomic E-state index is 0.319. The molecular formula is C19H20ClN5O2S2. The molecule has 0 N–H and O–H groups in total. The second kappa shape index (κ2) is 9.60. The number of hydrogen-bond donors (Lipinski definition) is 0. The second-order valence-corrected chi connectivity index (χ2v) is 8.90. The quantitative estimate of drug-likeness (QED) is 0.300. The number of rotatable bonds is 7. The van der Waals surface area contributed by atoms with Gasteiger partial charge in [0.1, 0.15) is 11.1 Å². The Kier molecular flexibility index (Phi) is 7.15. The van der Waals surface area contributed by atoms with E-state index in [1.54, 1.807) is 19.1 Å². The first-order valence-electron chi connectivity index (χ1n) is 8.77. The second-order valence-electron chi connectivity index (χ2n) is 6.22. The van der Waals surface area contributed by atoms with Gasteiger partial charge >= 0.3 is 5.97 Å². The van der Waals surface area contributed by atoms with Gasteiger partial charge in [0.2, 0.25) is 0 Å². The summed E-state index contributed by atoms with van der Waals surface area (Å²) in [6.45, 7) is 5.66. The first kappa shape index (κ1) is 21.6. The molecule has 0 fully saturated rings. The van der Waals surface area contributed by atoms with Gasteiger partial charge in [0.25, 0.3) is 0 Å². The molecule has 0 aliphatic heterocycles. The predicted octanol–water partition coefficient (Wildman–Crippen LogP) is 4.27. The van der Waals surface area contributed by atoms with Crippen molar-refractivity contribution in [2.75, 3.05) is 7.11 Å². The van der Waals surface area contributed by atoms with Gasteiger partial charge in [0, 0.05) is 22.1 Å². The zero-order valence-corrected chi connectivity index (χ0v) is 18.8. The maximum absolute atomic E-state index is 11.9. The maximum Gasteiger partial charge on any atom is 0.318 e. The molecule has 3 rings (SSSR count). The van der Waals surface area contributed by atoms with Gasteiger partial charge in [-0.1, -0.05) is 35.1 Å². The number of ether oxygens (including phenoxy) is 1. The first-order valence-corrected chi connectivity index (χ1v) is 11.0. The minimum atomic E-state index is -0.418. The number of halogens is 1. The number of aryl methyl sites for hydroxylation is 2. The van der Waals surface area contributed by atoms with Crippen LogP contribution in [0.5, 0.6) is 0 Å². The first-order chi connectivity index (χ1) is 13.9. The Bertz CT molecular complexity index is 990. The Morgan fingerprint density at radius 3 is 2.45 bits per heavy atom. The molecule has 152 valence electrons. The fourth-order valence-corrected chi connectivity index (χ4v) is 4.48. The van der Waals surface area contributed by atoms with Crippen LogP contribution in [0.25, 0.3) is 5.69 Å². The van der Waals surface area contributed by atoms with Crippen molar-refractivity contribution in [2.24, 2.45) is 0 Å². The van der Waals surface area contributed by atoms with Crippen molar-refractivity contribution in [1.29, 1.82) is 0 Å². The molecule has 0 saturated heterocycles. The lowest BCUT2D eigenvalue weighted by Crippen LogP contribution is -2.15. The summed E-state index contributed by atoms with van der Waals surface area (Å²) in [4.78, 5) is 20.8. The Labute approximate surface area is 182 Å². The lowest BCUT2D eigenvalue weighted by molar-refractivity contribution is -0.139. The summed E-state index contributed by atoms with van der Waals surface area (Å²) in [6, 6.07) is 9.32. The number of aromatic nitrogens is 5. The highest BCUT2D eigenvalue weighted by Crippen LogP contribution is 2.29. The van der Waals surface area contributed by atoms with Crippen LogP contribution in [-0.2, 0) is 15.3 Å². The SMILES string of the molecule is COC(=O)C(C)Sc1nnc(CSc2nc(C)cc(C)n2)n1-c1ccc(Cl)cc1. The molecule has 2 aromatic heterocycles. The summed E-state index contributed by atoms with van der Waals surface area (Å²) >= 11 is 8.82. The summed E-state index contributed by atoms with van der Waals surface area (Å²) in [5.74, 6) is 0.922. The largest absolute Gasteiger partial charge is 0.468 e. The summed E-state index contributed by atoms with van der Waals surface area (Å²) < 4.78 is 6.74. The zero-order valence-electron chi connectivity index (χ0n) is 16.4. The molecule has 0 amide bonds. The van der Waals surface area contributed by atoms with Crippen LogP contribution in [0.3, 0.4) is 0 Å². The average Bonchev–Trinajstić information content (AvgIpc) is 3.08. The van der Waals surface area contributed by atoms with E-state index in [-0.39, 0.29) is 5.97 Å². The highest BCUT2D eigenvalue weighted by molar-refractivity contribution is 8.00. The molecule has 0 aliphatic rings. The Morgan fingerprint density at radius 2 is 1.83 bits per heavy atom. The summed E-state index contributed by atoms with van der Waals surface area (Å²) in [6.07, 6.45) is 0. The molecule has 1 aromatic carbocycles. The molecule has 2 heterocycles. The third-order valence-corrected chi connectivity index (χ3v) is 6.01. The van der Waals surface area contributed by atoms with Gasteiger partial charge < -0.3 is 4.74 Å². The number of esters is 1. The number of thioether (sulfide) groups is 2. The fraction of sp³-hybridized carbons (Fsp3) is 0.316. The van der Waals surface area contributed by atoms with E-state index in [1.165, 1.54) is 30.6 Å². The van der Waals surface area contributed by atoms with Crippen LogP contribution in [0.4, 0.5) is 0 Å². The van der Waals surface area contributed by atoms with Crippen LogP contribution in [0, 0.1) is 13.8 Å². The van der Waals surface area contributed by atoms with E-state index >= 15 is 0 Å². The highest BCUT2D eigenvalue weighted by Gasteiger charge is 2.22. The smallest absolute Gasteiger partial charge is 0.318 e. The predicted molar refractivity (Wildman–Crippen MR) is 115 cm³/mol. The molecule has 3 aromatic rings. The molecule has 0 saturated carbocycles. The molecule has 0 bridgehead atoms. The molecule has 1 atom stereocenters. The van der Waals surface area contributed by atoms with Crippen molar-refractivity contribution in [3.05, 3.63) is 52.6 Å². The third-order valence-electron chi connectivity index (χ3n) is 3.89. The number of carbonyl (C=O) groups is 1. The molecule has 7 nitrogen and oxygen atoms in total. The van der Waals surface area contributed by atoms with Crippen molar-refractivity contribution in [1.82, 2.24) is 24.7 Å². The summed E-state index contributed by atoms with van der Waals surface area (Å²) in [5, 5.41) is 10.1. The number of hydrogen-bond acceptors (Lipinski definition) is 8. The molecule has 29 heavy (non-hydrogen) atoms.